The highest BCUT2D eigenvalue weighted by Gasteiger charge is 2.21. The van der Waals surface area contributed by atoms with Gasteiger partial charge in [-0.1, -0.05) is 43.5 Å². The number of halogens is 1. The summed E-state index contributed by atoms with van der Waals surface area (Å²) in [6.45, 7) is 12.8. The molecule has 0 aromatic carbocycles. The number of hydrogen-bond donors (Lipinski definition) is 1. The molecule has 1 amide bonds. The van der Waals surface area contributed by atoms with Gasteiger partial charge in [0.1, 0.15) is 10.9 Å². The number of aromatic nitrogens is 4. The van der Waals surface area contributed by atoms with Crippen LogP contribution < -0.4 is 14.8 Å². The first-order valence-electron chi connectivity index (χ1n) is 11.1. The normalized spacial score (nSPS) is 12.2. The summed E-state index contributed by atoms with van der Waals surface area (Å²) in [5.74, 6) is 0.422. The van der Waals surface area contributed by atoms with Crippen LogP contribution in [0.25, 0.3) is 11.1 Å². The Labute approximate surface area is 214 Å². The third-order valence-corrected chi connectivity index (χ3v) is 6.06. The van der Waals surface area contributed by atoms with Gasteiger partial charge in [0.15, 0.2) is 0 Å². The number of carbonyl (C=O) groups is 1. The van der Waals surface area contributed by atoms with Gasteiger partial charge < -0.3 is 9.47 Å². The molecule has 1 atom stereocenters. The van der Waals surface area contributed by atoms with Crippen LogP contribution in [-0.4, -0.2) is 39.8 Å². The van der Waals surface area contributed by atoms with E-state index >= 15 is 0 Å². The highest BCUT2D eigenvalue weighted by molar-refractivity contribution is 7.17. The minimum atomic E-state index is -0.387. The van der Waals surface area contributed by atoms with E-state index in [2.05, 4.69) is 52.8 Å². The number of allylic oxidation sites excluding steroid dienone is 1. The van der Waals surface area contributed by atoms with E-state index in [1.165, 1.54) is 30.8 Å². The third-order valence-electron chi connectivity index (χ3n) is 5.10. The number of pyridine rings is 2. The fraction of sp³-hybridized carbons (Fsp3) is 0.400. The zero-order chi connectivity index (χ0) is 25.6. The summed E-state index contributed by atoms with van der Waals surface area (Å²) in [6.07, 6.45) is 6.78. The van der Waals surface area contributed by atoms with Crippen molar-refractivity contribution in [3.05, 3.63) is 53.6 Å². The van der Waals surface area contributed by atoms with Crippen LogP contribution in [0.3, 0.4) is 0 Å². The van der Waals surface area contributed by atoms with Crippen LogP contribution in [-0.2, 0) is 0 Å². The van der Waals surface area contributed by atoms with E-state index in [0.717, 1.165) is 18.5 Å². The minimum Gasteiger partial charge on any atom is -0.494 e. The number of rotatable bonds is 10. The summed E-state index contributed by atoms with van der Waals surface area (Å²) < 4.78 is 11.3. The van der Waals surface area contributed by atoms with Crippen LogP contribution in [0.15, 0.2) is 37.2 Å². The molecule has 3 heterocycles. The van der Waals surface area contributed by atoms with Crippen LogP contribution in [0.4, 0.5) is 5.13 Å². The number of methoxy groups -OCH3 is 1. The Morgan fingerprint density at radius 3 is 2.69 bits per heavy atom. The van der Waals surface area contributed by atoms with Crippen molar-refractivity contribution in [2.24, 2.45) is 11.3 Å². The van der Waals surface area contributed by atoms with E-state index in [0.29, 0.717) is 45.3 Å². The molecule has 8 nitrogen and oxygen atoms in total. The number of ether oxygens (including phenoxy) is 2. The lowest BCUT2D eigenvalue weighted by atomic mass is 9.83. The van der Waals surface area contributed by atoms with Crippen molar-refractivity contribution < 1.29 is 14.3 Å². The lowest BCUT2D eigenvalue weighted by Crippen LogP contribution is -2.19. The molecule has 0 bridgehead atoms. The Kier molecular flexibility index (Phi) is 8.80. The average Bonchev–Trinajstić information content (AvgIpc) is 3.23. The van der Waals surface area contributed by atoms with Crippen LogP contribution in [0.1, 0.15) is 49.7 Å². The van der Waals surface area contributed by atoms with E-state index in [9.17, 15) is 4.79 Å². The summed E-state index contributed by atoms with van der Waals surface area (Å²) >= 11 is 7.29. The minimum absolute atomic E-state index is 0.179. The van der Waals surface area contributed by atoms with Crippen molar-refractivity contribution in [3.8, 4) is 22.1 Å². The Hall–Kier alpha value is -3.04. The first kappa shape index (κ1) is 26.6. The van der Waals surface area contributed by atoms with Gasteiger partial charge in [0.2, 0.25) is 5.13 Å². The second-order valence-corrected chi connectivity index (χ2v) is 10.7. The molecule has 3 aromatic heterocycles. The first-order valence-corrected chi connectivity index (χ1v) is 12.3. The zero-order valence-corrected chi connectivity index (χ0v) is 22.2. The molecule has 1 N–H and O–H groups in total. The predicted octanol–water partition coefficient (Wildman–Crippen LogP) is 6.23. The second kappa shape index (κ2) is 11.6. The first-order chi connectivity index (χ1) is 16.6. The van der Waals surface area contributed by atoms with Gasteiger partial charge in [-0.15, -0.1) is 11.7 Å². The Balaban J connectivity index is 1.76. The molecule has 10 heteroatoms. The monoisotopic (exact) mass is 515 g/mol. The Morgan fingerprint density at radius 2 is 2.00 bits per heavy atom. The maximum absolute atomic E-state index is 13.2. The maximum atomic E-state index is 13.2. The van der Waals surface area contributed by atoms with E-state index < -0.39 is 0 Å². The molecule has 0 spiro atoms. The molecule has 0 unspecified atom stereocenters. The van der Waals surface area contributed by atoms with Gasteiger partial charge in [-0.2, -0.15) is 0 Å². The molecule has 3 aromatic rings. The third kappa shape index (κ3) is 7.47. The summed E-state index contributed by atoms with van der Waals surface area (Å²) in [4.78, 5) is 21.5. The van der Waals surface area contributed by atoms with Crippen molar-refractivity contribution in [2.45, 2.75) is 40.5 Å². The molecule has 186 valence electrons. The number of hydrogen-bond acceptors (Lipinski definition) is 8. The summed E-state index contributed by atoms with van der Waals surface area (Å²) in [7, 11) is 1.53. The van der Waals surface area contributed by atoms with Crippen LogP contribution >= 0.6 is 22.9 Å². The molecule has 0 saturated carbocycles. The van der Waals surface area contributed by atoms with Gasteiger partial charge in [-0.05, 0) is 54.6 Å². The lowest BCUT2D eigenvalue weighted by Gasteiger charge is -2.24. The highest BCUT2D eigenvalue weighted by atomic mass is 35.5. The largest absolute Gasteiger partial charge is 0.494 e. The van der Waals surface area contributed by atoms with Gasteiger partial charge >= 0.3 is 0 Å². The van der Waals surface area contributed by atoms with Gasteiger partial charge in [0, 0.05) is 23.0 Å². The summed E-state index contributed by atoms with van der Waals surface area (Å²) in [6, 6.07) is 3.45. The van der Waals surface area contributed by atoms with Crippen molar-refractivity contribution in [1.29, 1.82) is 0 Å². The molecule has 0 aliphatic carbocycles. The smallest absolute Gasteiger partial charge is 0.295 e. The Morgan fingerprint density at radius 1 is 1.23 bits per heavy atom. The standard InChI is InChI=1S/C25H30ClN5O3S/c1-7-8-16(11-25(3,4)5)14-34-24-31-30-23(35-24)29-22(32)19-12-27-15(2)9-17(19)18-10-21(26)28-13-20(18)33-6/h7,9-10,12-13,16H,1,8,11,14H2,2-6H3,(H,29,30,32)/t16-/m1/s1. The molecular formula is C25H30ClN5O3S. The van der Waals surface area contributed by atoms with Gasteiger partial charge in [0.05, 0.1) is 25.5 Å². The Bertz CT molecular complexity index is 1190. The van der Waals surface area contributed by atoms with Gasteiger partial charge in [-0.25, -0.2) is 4.98 Å². The molecule has 0 saturated heterocycles. The fourth-order valence-corrected chi connectivity index (χ4v) is 4.50. The molecule has 0 fully saturated rings. The van der Waals surface area contributed by atoms with Crippen LogP contribution in [0.2, 0.25) is 5.15 Å². The van der Waals surface area contributed by atoms with Crippen LogP contribution in [0, 0.1) is 18.3 Å². The molecule has 0 radical (unpaired) electrons. The number of nitrogens with zero attached hydrogens (tertiary/aromatic N) is 4. The van der Waals surface area contributed by atoms with E-state index in [1.807, 2.05) is 13.0 Å². The lowest BCUT2D eigenvalue weighted by molar-refractivity contribution is 0.102. The van der Waals surface area contributed by atoms with Gasteiger partial charge in [0.25, 0.3) is 11.1 Å². The topological polar surface area (TPSA) is 99.1 Å². The maximum Gasteiger partial charge on any atom is 0.295 e. The van der Waals surface area contributed by atoms with Crippen molar-refractivity contribution in [1.82, 2.24) is 20.2 Å². The van der Waals surface area contributed by atoms with Crippen LogP contribution in [0.5, 0.6) is 10.9 Å². The molecule has 0 aliphatic rings. The number of carbonyl (C=O) groups excluding carboxylic acids is 1. The molecule has 35 heavy (non-hydrogen) atoms. The summed E-state index contributed by atoms with van der Waals surface area (Å²) in [5, 5.41) is 11.9. The number of aryl methyl sites for hydroxylation is 1. The highest BCUT2D eigenvalue weighted by Crippen LogP contribution is 2.34. The van der Waals surface area contributed by atoms with Crippen molar-refractivity contribution >= 4 is 34.0 Å². The van der Waals surface area contributed by atoms with E-state index in [1.54, 1.807) is 12.1 Å². The van der Waals surface area contributed by atoms with Crippen molar-refractivity contribution in [3.63, 3.8) is 0 Å². The molecule has 0 aliphatic heterocycles. The number of anilines is 1. The predicted molar refractivity (Wildman–Crippen MR) is 140 cm³/mol. The number of amides is 1. The SMILES string of the molecule is C=CC[C@@H](COc1nnc(NC(=O)c2cnc(C)cc2-c2cc(Cl)ncc2OC)s1)CC(C)(C)C. The quantitative estimate of drug-likeness (QED) is 0.252. The average molecular weight is 516 g/mol. The fourth-order valence-electron chi connectivity index (χ4n) is 3.74. The van der Waals surface area contributed by atoms with Crippen molar-refractivity contribution in [2.75, 3.05) is 19.0 Å². The van der Waals surface area contributed by atoms with Gasteiger partial charge in [-0.3, -0.25) is 15.1 Å². The van der Waals surface area contributed by atoms with E-state index in [-0.39, 0.29) is 16.5 Å². The zero-order valence-electron chi connectivity index (χ0n) is 20.6. The number of nitrogens with one attached hydrogen (secondary N) is 1. The van der Waals surface area contributed by atoms with E-state index in [4.69, 9.17) is 21.1 Å². The molecular weight excluding hydrogens is 486 g/mol. The summed E-state index contributed by atoms with van der Waals surface area (Å²) in [5.41, 5.74) is 2.51. The second-order valence-electron chi connectivity index (χ2n) is 9.37. The molecule has 3 rings (SSSR count).